The highest BCUT2D eigenvalue weighted by atomic mass is 16.5. The molecule has 1 aromatic carbocycles. The first-order valence-electron chi connectivity index (χ1n) is 4.82. The second-order valence-corrected chi connectivity index (χ2v) is 3.29. The van der Waals surface area contributed by atoms with Gasteiger partial charge in [-0.25, -0.2) is 9.79 Å². The maximum absolute atomic E-state index is 11.6. The molecule has 4 nitrogen and oxygen atoms in total. The van der Waals surface area contributed by atoms with Crippen molar-refractivity contribution in [2.24, 2.45) is 4.99 Å². The van der Waals surface area contributed by atoms with Crippen molar-refractivity contribution >= 4 is 23.1 Å². The average Bonchev–Trinajstić information content (AvgIpc) is 2.46. The van der Waals surface area contributed by atoms with Gasteiger partial charge in [0.05, 0.1) is 12.8 Å². The van der Waals surface area contributed by atoms with Gasteiger partial charge in [-0.05, 0) is 6.07 Å². The third-order valence-electron chi connectivity index (χ3n) is 2.22. The van der Waals surface area contributed by atoms with Gasteiger partial charge in [-0.2, -0.15) is 0 Å². The fourth-order valence-electron chi connectivity index (χ4n) is 1.47. The number of aliphatic imine (C=N–C) groups is 1. The van der Waals surface area contributed by atoms with Crippen molar-refractivity contribution in [1.82, 2.24) is 0 Å². The number of rotatable bonds is 1. The van der Waals surface area contributed by atoms with Gasteiger partial charge in [-0.3, -0.25) is 0 Å². The summed E-state index contributed by atoms with van der Waals surface area (Å²) < 4.78 is 9.91. The lowest BCUT2D eigenvalue weighted by molar-refractivity contribution is -0.133. The van der Waals surface area contributed by atoms with Gasteiger partial charge in [0.15, 0.2) is 5.90 Å². The van der Waals surface area contributed by atoms with Gasteiger partial charge in [-0.1, -0.05) is 18.2 Å². The van der Waals surface area contributed by atoms with Crippen molar-refractivity contribution in [2.45, 2.75) is 6.92 Å². The Morgan fingerprint density at radius 2 is 2.12 bits per heavy atom. The third-order valence-corrected chi connectivity index (χ3v) is 2.22. The first kappa shape index (κ1) is 10.4. The zero-order valence-corrected chi connectivity index (χ0v) is 9.06. The van der Waals surface area contributed by atoms with Crippen LogP contribution >= 0.6 is 0 Å². The van der Waals surface area contributed by atoms with Crippen molar-refractivity contribution in [1.29, 1.82) is 0 Å². The van der Waals surface area contributed by atoms with Gasteiger partial charge in [-0.15, -0.1) is 0 Å². The van der Waals surface area contributed by atoms with E-state index in [0.29, 0.717) is 22.7 Å². The highest BCUT2D eigenvalue weighted by molar-refractivity contribution is 6.18. The molecular weight excluding hydrogens is 206 g/mol. The van der Waals surface area contributed by atoms with Crippen LogP contribution < -0.4 is 0 Å². The van der Waals surface area contributed by atoms with E-state index in [0.717, 1.165) is 0 Å². The molecule has 0 saturated carbocycles. The van der Waals surface area contributed by atoms with Crippen LogP contribution in [0.15, 0.2) is 35.5 Å². The minimum absolute atomic E-state index is 0.374. The number of carbonyl (C=O) groups is 1. The first-order valence-corrected chi connectivity index (χ1v) is 4.82. The van der Waals surface area contributed by atoms with Crippen molar-refractivity contribution in [3.8, 4) is 0 Å². The van der Waals surface area contributed by atoms with Crippen LogP contribution in [0.25, 0.3) is 5.57 Å². The van der Waals surface area contributed by atoms with Crippen LogP contribution in [0.1, 0.15) is 12.5 Å². The smallest absolute Gasteiger partial charge is 0.341 e. The third kappa shape index (κ3) is 1.82. The number of carbonyl (C=O) groups excluding carboxylic acids is 1. The lowest BCUT2D eigenvalue weighted by Gasteiger charge is -2.05. The number of fused-ring (bicyclic) bond motifs is 1. The summed E-state index contributed by atoms with van der Waals surface area (Å²) >= 11 is 0. The Morgan fingerprint density at radius 1 is 1.38 bits per heavy atom. The molecule has 0 aliphatic carbocycles. The molecule has 0 radical (unpaired) electrons. The summed E-state index contributed by atoms with van der Waals surface area (Å²) in [5, 5.41) is 0. The summed E-state index contributed by atoms with van der Waals surface area (Å²) in [5.74, 6) is 0.0590. The monoisotopic (exact) mass is 217 g/mol. The summed E-state index contributed by atoms with van der Waals surface area (Å²) in [4.78, 5) is 15.8. The predicted octanol–water partition coefficient (Wildman–Crippen LogP) is 2.28. The van der Waals surface area contributed by atoms with Gasteiger partial charge < -0.3 is 9.47 Å². The molecule has 2 rings (SSSR count). The van der Waals surface area contributed by atoms with E-state index in [1.807, 2.05) is 24.3 Å². The second-order valence-electron chi connectivity index (χ2n) is 3.29. The van der Waals surface area contributed by atoms with Crippen LogP contribution in [0.2, 0.25) is 0 Å². The molecule has 1 aromatic rings. The molecule has 0 unspecified atom stereocenters. The van der Waals surface area contributed by atoms with Crippen molar-refractivity contribution < 1.29 is 14.3 Å². The molecule has 1 aliphatic rings. The second kappa shape index (κ2) is 4.18. The molecule has 0 spiro atoms. The Balaban J connectivity index is 2.56. The van der Waals surface area contributed by atoms with Gasteiger partial charge in [0, 0.05) is 12.5 Å². The van der Waals surface area contributed by atoms with E-state index in [1.165, 1.54) is 13.4 Å². The standard InChI is InChI=1S/C12H11NO3/c1-8-13-11-6-4-3-5-9(11)10(7-16-8)12(14)15-2/h3-7H,1-2H3. The van der Waals surface area contributed by atoms with Crippen LogP contribution in [0.3, 0.4) is 0 Å². The SMILES string of the molecule is COC(=O)C1=COC(C)=Nc2ccccc21. The number of nitrogens with zero attached hydrogens (tertiary/aromatic N) is 1. The lowest BCUT2D eigenvalue weighted by Crippen LogP contribution is -2.04. The van der Waals surface area contributed by atoms with Crippen LogP contribution in [-0.2, 0) is 14.3 Å². The summed E-state index contributed by atoms with van der Waals surface area (Å²) in [7, 11) is 1.34. The Morgan fingerprint density at radius 3 is 2.88 bits per heavy atom. The Hall–Kier alpha value is -2.10. The summed E-state index contributed by atoms with van der Waals surface area (Å²) in [6.45, 7) is 1.73. The molecule has 0 saturated heterocycles. The summed E-state index contributed by atoms with van der Waals surface area (Å²) in [6, 6.07) is 7.33. The molecule has 16 heavy (non-hydrogen) atoms. The normalized spacial score (nSPS) is 13.9. The number of methoxy groups -OCH3 is 1. The average molecular weight is 217 g/mol. The number of benzene rings is 1. The summed E-state index contributed by atoms with van der Waals surface area (Å²) in [5.41, 5.74) is 1.79. The number of hydrogen-bond donors (Lipinski definition) is 0. The van der Waals surface area contributed by atoms with E-state index in [-0.39, 0.29) is 0 Å². The molecule has 0 fully saturated rings. The molecule has 0 aromatic heterocycles. The summed E-state index contributed by atoms with van der Waals surface area (Å²) in [6.07, 6.45) is 1.37. The molecule has 1 aliphatic heterocycles. The largest absolute Gasteiger partial charge is 0.465 e. The molecule has 0 amide bonds. The van der Waals surface area contributed by atoms with E-state index < -0.39 is 5.97 Å². The van der Waals surface area contributed by atoms with E-state index in [1.54, 1.807) is 6.92 Å². The van der Waals surface area contributed by atoms with Crippen LogP contribution in [0.4, 0.5) is 5.69 Å². The zero-order chi connectivity index (χ0) is 11.5. The van der Waals surface area contributed by atoms with E-state index in [4.69, 9.17) is 9.47 Å². The number of esters is 1. The molecule has 0 atom stereocenters. The minimum Gasteiger partial charge on any atom is -0.465 e. The minimum atomic E-state index is -0.433. The van der Waals surface area contributed by atoms with Crippen molar-refractivity contribution in [2.75, 3.05) is 7.11 Å². The van der Waals surface area contributed by atoms with Gasteiger partial charge >= 0.3 is 5.97 Å². The number of para-hydroxylation sites is 1. The lowest BCUT2D eigenvalue weighted by atomic mass is 10.1. The van der Waals surface area contributed by atoms with Gasteiger partial charge in [0.25, 0.3) is 0 Å². The predicted molar refractivity (Wildman–Crippen MR) is 60.3 cm³/mol. The molecule has 4 heteroatoms. The van der Waals surface area contributed by atoms with Crippen LogP contribution in [0.5, 0.6) is 0 Å². The topological polar surface area (TPSA) is 47.9 Å². The van der Waals surface area contributed by atoms with E-state index in [2.05, 4.69) is 4.99 Å². The van der Waals surface area contributed by atoms with Crippen molar-refractivity contribution in [3.05, 3.63) is 36.1 Å². The molecule has 1 heterocycles. The Labute approximate surface area is 93.2 Å². The van der Waals surface area contributed by atoms with E-state index >= 15 is 0 Å². The van der Waals surface area contributed by atoms with Gasteiger partial charge in [0.1, 0.15) is 11.8 Å². The first-order chi connectivity index (χ1) is 7.72. The fraction of sp³-hybridized carbons (Fsp3) is 0.167. The highest BCUT2D eigenvalue weighted by Gasteiger charge is 2.18. The maximum Gasteiger partial charge on any atom is 0.341 e. The quantitative estimate of drug-likeness (QED) is 0.678. The Kier molecular flexibility index (Phi) is 2.72. The molecule has 82 valence electrons. The zero-order valence-electron chi connectivity index (χ0n) is 9.06. The molecule has 0 N–H and O–H groups in total. The highest BCUT2D eigenvalue weighted by Crippen LogP contribution is 2.29. The number of hydrogen-bond acceptors (Lipinski definition) is 4. The number of ether oxygens (including phenoxy) is 2. The maximum atomic E-state index is 11.6. The molecule has 0 bridgehead atoms. The Bertz CT molecular complexity index is 489. The van der Waals surface area contributed by atoms with Crippen molar-refractivity contribution in [3.63, 3.8) is 0 Å². The van der Waals surface area contributed by atoms with Crippen LogP contribution in [-0.4, -0.2) is 19.0 Å². The van der Waals surface area contributed by atoms with Crippen LogP contribution in [0, 0.1) is 0 Å². The van der Waals surface area contributed by atoms with Gasteiger partial charge in [0.2, 0.25) is 0 Å². The van der Waals surface area contributed by atoms with E-state index in [9.17, 15) is 4.79 Å². The molecular formula is C12H11NO3. The fourth-order valence-corrected chi connectivity index (χ4v) is 1.47.